The number of carbonyl (C=O) groups is 1. The number of carbonyl (C=O) groups excluding carboxylic acids is 1. The Hall–Kier alpha value is -1.52. The lowest BCUT2D eigenvalue weighted by molar-refractivity contribution is 0.0937. The molecule has 1 aliphatic carbocycles. The maximum Gasteiger partial charge on any atom is 0.263 e. The third-order valence-corrected chi connectivity index (χ3v) is 4.95. The van der Waals surface area contributed by atoms with Crippen molar-refractivity contribution in [1.82, 2.24) is 5.32 Å². The second-order valence-corrected chi connectivity index (χ2v) is 6.30. The van der Waals surface area contributed by atoms with Gasteiger partial charge in [0.1, 0.15) is 4.88 Å². The third-order valence-electron chi connectivity index (χ3n) is 3.61. The predicted octanol–water partition coefficient (Wildman–Crippen LogP) is 3.79. The van der Waals surface area contributed by atoms with Gasteiger partial charge in [0.05, 0.1) is 11.1 Å². The summed E-state index contributed by atoms with van der Waals surface area (Å²) in [5.41, 5.74) is 9.01. The quantitative estimate of drug-likeness (QED) is 0.829. The number of nitrogens with two attached hydrogens (primary N) is 1. The molecule has 1 aromatic heterocycles. The molecule has 0 spiro atoms. The minimum Gasteiger partial charge on any atom is -0.399 e. The molecule has 2 aromatic rings. The van der Waals surface area contributed by atoms with Crippen LogP contribution in [0.25, 0.3) is 0 Å². The van der Waals surface area contributed by atoms with Crippen LogP contribution in [-0.2, 0) is 6.42 Å². The maximum absolute atomic E-state index is 12.3. The molecule has 0 bridgehead atoms. The van der Waals surface area contributed by atoms with Crippen molar-refractivity contribution in [3.05, 3.63) is 50.7 Å². The maximum atomic E-state index is 12.3. The first kappa shape index (κ1) is 13.5. The Balaban J connectivity index is 1.83. The molecule has 1 aliphatic rings. The molecule has 20 heavy (non-hydrogen) atoms. The van der Waals surface area contributed by atoms with Crippen molar-refractivity contribution in [2.24, 2.45) is 0 Å². The van der Waals surface area contributed by atoms with E-state index in [9.17, 15) is 4.79 Å². The number of anilines is 1. The van der Waals surface area contributed by atoms with E-state index >= 15 is 0 Å². The zero-order valence-electron chi connectivity index (χ0n) is 10.9. The van der Waals surface area contributed by atoms with Crippen molar-refractivity contribution in [3.63, 3.8) is 0 Å². The van der Waals surface area contributed by atoms with E-state index in [0.29, 0.717) is 9.90 Å². The molecule has 104 valence electrons. The molecule has 0 saturated carbocycles. The van der Waals surface area contributed by atoms with Crippen molar-refractivity contribution >= 4 is 34.5 Å². The molecule has 0 aliphatic heterocycles. The van der Waals surface area contributed by atoms with E-state index in [0.717, 1.165) is 24.9 Å². The molecule has 3 nitrogen and oxygen atoms in total. The van der Waals surface area contributed by atoms with E-state index in [1.807, 2.05) is 23.6 Å². The first-order valence-corrected chi connectivity index (χ1v) is 7.83. The number of amides is 1. The Bertz CT molecular complexity index is 653. The van der Waals surface area contributed by atoms with Gasteiger partial charge in [0, 0.05) is 5.69 Å². The molecule has 5 heteroatoms. The first-order valence-electron chi connectivity index (χ1n) is 6.57. The summed E-state index contributed by atoms with van der Waals surface area (Å²) in [5.74, 6) is -0.0975. The summed E-state index contributed by atoms with van der Waals surface area (Å²) >= 11 is 7.37. The van der Waals surface area contributed by atoms with E-state index < -0.39 is 0 Å². The highest BCUT2D eigenvalue weighted by Crippen LogP contribution is 2.32. The number of rotatable bonds is 2. The van der Waals surface area contributed by atoms with Gasteiger partial charge in [-0.05, 0) is 54.0 Å². The largest absolute Gasteiger partial charge is 0.399 e. The van der Waals surface area contributed by atoms with E-state index in [1.54, 1.807) is 6.07 Å². The fraction of sp³-hybridized carbons (Fsp3) is 0.267. The standard InChI is InChI=1S/C15H15ClN2OS/c16-12-6-7-20-14(12)15(19)18-13-3-1-2-9-8-10(17)4-5-11(9)13/h4-8,13H,1-3,17H2,(H,18,19). The van der Waals surface area contributed by atoms with Gasteiger partial charge in [0.25, 0.3) is 5.91 Å². The van der Waals surface area contributed by atoms with Crippen LogP contribution in [0.1, 0.15) is 39.7 Å². The number of nitrogen functional groups attached to an aromatic ring is 1. The number of hydrogen-bond donors (Lipinski definition) is 2. The topological polar surface area (TPSA) is 55.1 Å². The zero-order chi connectivity index (χ0) is 14.1. The summed E-state index contributed by atoms with van der Waals surface area (Å²) in [6.45, 7) is 0. The lowest BCUT2D eigenvalue weighted by Gasteiger charge is -2.26. The number of halogens is 1. The summed E-state index contributed by atoms with van der Waals surface area (Å²) < 4.78 is 0. The molecule has 3 rings (SSSR count). The molecule has 1 heterocycles. The molecule has 1 atom stereocenters. The monoisotopic (exact) mass is 306 g/mol. The van der Waals surface area contributed by atoms with Crippen LogP contribution in [0.2, 0.25) is 5.02 Å². The number of nitrogens with one attached hydrogen (secondary N) is 1. The molecular weight excluding hydrogens is 292 g/mol. The van der Waals surface area contributed by atoms with Gasteiger partial charge < -0.3 is 11.1 Å². The number of fused-ring (bicyclic) bond motifs is 1. The molecule has 1 aromatic carbocycles. The van der Waals surface area contributed by atoms with Gasteiger partial charge in [-0.2, -0.15) is 0 Å². The smallest absolute Gasteiger partial charge is 0.263 e. The molecule has 0 saturated heterocycles. The number of benzene rings is 1. The highest BCUT2D eigenvalue weighted by Gasteiger charge is 2.23. The summed E-state index contributed by atoms with van der Waals surface area (Å²) in [4.78, 5) is 12.8. The lowest BCUT2D eigenvalue weighted by atomic mass is 9.87. The average molecular weight is 307 g/mol. The molecule has 0 radical (unpaired) electrons. The van der Waals surface area contributed by atoms with Crippen molar-refractivity contribution in [2.75, 3.05) is 5.73 Å². The molecule has 1 unspecified atom stereocenters. The van der Waals surface area contributed by atoms with Crippen LogP contribution in [-0.4, -0.2) is 5.91 Å². The second kappa shape index (κ2) is 5.46. The lowest BCUT2D eigenvalue weighted by Crippen LogP contribution is -2.30. The van der Waals surface area contributed by atoms with Gasteiger partial charge in [-0.1, -0.05) is 17.7 Å². The Kier molecular flexibility index (Phi) is 3.68. The summed E-state index contributed by atoms with van der Waals surface area (Å²) in [5, 5.41) is 5.42. The minimum absolute atomic E-state index is 0.0463. The second-order valence-electron chi connectivity index (χ2n) is 4.97. The van der Waals surface area contributed by atoms with Crippen molar-refractivity contribution in [1.29, 1.82) is 0 Å². The minimum atomic E-state index is -0.0975. The Morgan fingerprint density at radius 3 is 3.00 bits per heavy atom. The number of thiophene rings is 1. The number of aryl methyl sites for hydroxylation is 1. The van der Waals surface area contributed by atoms with Crippen LogP contribution in [0.4, 0.5) is 5.69 Å². The highest BCUT2D eigenvalue weighted by molar-refractivity contribution is 7.12. The van der Waals surface area contributed by atoms with Gasteiger partial charge in [-0.25, -0.2) is 0 Å². The van der Waals surface area contributed by atoms with E-state index in [-0.39, 0.29) is 11.9 Å². The fourth-order valence-corrected chi connectivity index (χ4v) is 3.71. The van der Waals surface area contributed by atoms with Crippen molar-refractivity contribution in [3.8, 4) is 0 Å². The van der Waals surface area contributed by atoms with Crippen LogP contribution < -0.4 is 11.1 Å². The molecular formula is C15H15ClN2OS. The number of hydrogen-bond acceptors (Lipinski definition) is 3. The fourth-order valence-electron chi connectivity index (χ4n) is 2.66. The van der Waals surface area contributed by atoms with Gasteiger partial charge in [0.2, 0.25) is 0 Å². The van der Waals surface area contributed by atoms with Gasteiger partial charge in [-0.3, -0.25) is 4.79 Å². The van der Waals surface area contributed by atoms with Crippen molar-refractivity contribution < 1.29 is 4.79 Å². The predicted molar refractivity (Wildman–Crippen MR) is 83.3 cm³/mol. The SMILES string of the molecule is Nc1ccc2c(c1)CCCC2NC(=O)c1sccc1Cl. The normalized spacial score (nSPS) is 17.6. The van der Waals surface area contributed by atoms with Gasteiger partial charge >= 0.3 is 0 Å². The van der Waals surface area contributed by atoms with E-state index in [1.165, 1.54) is 22.5 Å². The first-order chi connectivity index (χ1) is 9.65. The Morgan fingerprint density at radius 1 is 1.40 bits per heavy atom. The molecule has 0 fully saturated rings. The average Bonchev–Trinajstić information content (AvgIpc) is 2.85. The van der Waals surface area contributed by atoms with Crippen LogP contribution in [0.5, 0.6) is 0 Å². The van der Waals surface area contributed by atoms with Crippen LogP contribution in [0.3, 0.4) is 0 Å². The molecule has 3 N–H and O–H groups in total. The van der Waals surface area contributed by atoms with E-state index in [4.69, 9.17) is 17.3 Å². The van der Waals surface area contributed by atoms with E-state index in [2.05, 4.69) is 5.32 Å². The van der Waals surface area contributed by atoms with Crippen LogP contribution in [0, 0.1) is 0 Å². The third kappa shape index (κ3) is 2.53. The van der Waals surface area contributed by atoms with Crippen LogP contribution in [0.15, 0.2) is 29.6 Å². The summed E-state index contributed by atoms with van der Waals surface area (Å²) in [7, 11) is 0. The summed E-state index contributed by atoms with van der Waals surface area (Å²) in [6.07, 6.45) is 3.03. The van der Waals surface area contributed by atoms with Crippen molar-refractivity contribution in [2.45, 2.75) is 25.3 Å². The van der Waals surface area contributed by atoms with Crippen LogP contribution >= 0.6 is 22.9 Å². The highest BCUT2D eigenvalue weighted by atomic mass is 35.5. The molecule has 1 amide bonds. The Morgan fingerprint density at radius 2 is 2.25 bits per heavy atom. The summed E-state index contributed by atoms with van der Waals surface area (Å²) in [6, 6.07) is 7.71. The van der Waals surface area contributed by atoms with Gasteiger partial charge in [0.15, 0.2) is 0 Å². The zero-order valence-corrected chi connectivity index (χ0v) is 12.4. The van der Waals surface area contributed by atoms with Gasteiger partial charge in [-0.15, -0.1) is 11.3 Å². The Labute approximate surface area is 126 Å².